The Morgan fingerprint density at radius 1 is 1.19 bits per heavy atom. The molecule has 2 heterocycles. The van der Waals surface area contributed by atoms with E-state index in [2.05, 4.69) is 26.1 Å². The Kier molecular flexibility index (Phi) is 3.96. The summed E-state index contributed by atoms with van der Waals surface area (Å²) in [6.07, 6.45) is 2.02. The fraction of sp³-hybridized carbons (Fsp3) is 0.400. The number of benzene rings is 1. The second-order valence-corrected chi connectivity index (χ2v) is 5.22. The number of hydrogen-bond acceptors (Lipinski definition) is 5. The number of aromatic nitrogens is 2. The summed E-state index contributed by atoms with van der Waals surface area (Å²) < 4.78 is 0. The highest BCUT2D eigenvalue weighted by molar-refractivity contribution is 5.90. The standard InChI is InChI=1S/C15H18N4O2/c20-15(21)5-6-18-7-9-19(10-8-18)14-11-16-17-13-4-2-1-3-12(13)14/h1-4,11H,5-10H2,(H,20,21). The number of carboxylic acids is 1. The van der Waals surface area contributed by atoms with E-state index in [1.807, 2.05) is 24.4 Å². The van der Waals surface area contributed by atoms with E-state index < -0.39 is 5.97 Å². The van der Waals surface area contributed by atoms with Crippen molar-refractivity contribution in [3.8, 4) is 0 Å². The topological polar surface area (TPSA) is 69.6 Å². The highest BCUT2D eigenvalue weighted by atomic mass is 16.4. The molecule has 1 aromatic heterocycles. The lowest BCUT2D eigenvalue weighted by Gasteiger charge is -2.36. The minimum absolute atomic E-state index is 0.208. The van der Waals surface area contributed by atoms with E-state index >= 15 is 0 Å². The Hall–Kier alpha value is -2.21. The fourth-order valence-corrected chi connectivity index (χ4v) is 2.71. The Balaban J connectivity index is 1.70. The van der Waals surface area contributed by atoms with Crippen molar-refractivity contribution in [1.29, 1.82) is 0 Å². The third-order valence-corrected chi connectivity index (χ3v) is 3.88. The molecule has 2 aromatic rings. The molecule has 0 radical (unpaired) electrons. The minimum Gasteiger partial charge on any atom is -0.481 e. The molecular formula is C15H18N4O2. The number of carboxylic acid groups (broad SMARTS) is 1. The van der Waals surface area contributed by atoms with Gasteiger partial charge in [0.15, 0.2) is 0 Å². The van der Waals surface area contributed by atoms with Crippen LogP contribution >= 0.6 is 0 Å². The molecule has 21 heavy (non-hydrogen) atoms. The van der Waals surface area contributed by atoms with Gasteiger partial charge in [-0.1, -0.05) is 18.2 Å². The maximum atomic E-state index is 10.6. The van der Waals surface area contributed by atoms with Gasteiger partial charge in [0.2, 0.25) is 0 Å². The third-order valence-electron chi connectivity index (χ3n) is 3.88. The summed E-state index contributed by atoms with van der Waals surface area (Å²) in [7, 11) is 0. The van der Waals surface area contributed by atoms with E-state index in [4.69, 9.17) is 5.11 Å². The van der Waals surface area contributed by atoms with Gasteiger partial charge in [-0.2, -0.15) is 10.2 Å². The van der Waals surface area contributed by atoms with Crippen LogP contribution in [-0.2, 0) is 4.79 Å². The highest BCUT2D eigenvalue weighted by Crippen LogP contribution is 2.24. The maximum Gasteiger partial charge on any atom is 0.304 e. The zero-order valence-electron chi connectivity index (χ0n) is 11.8. The second-order valence-electron chi connectivity index (χ2n) is 5.22. The summed E-state index contributed by atoms with van der Waals surface area (Å²) >= 11 is 0. The van der Waals surface area contributed by atoms with Crippen molar-refractivity contribution in [1.82, 2.24) is 15.1 Å². The number of aliphatic carboxylic acids is 1. The molecule has 0 unspecified atom stereocenters. The maximum absolute atomic E-state index is 10.6. The van der Waals surface area contributed by atoms with Crippen LogP contribution in [0.2, 0.25) is 0 Å². The summed E-state index contributed by atoms with van der Waals surface area (Å²) in [4.78, 5) is 15.1. The van der Waals surface area contributed by atoms with Crippen molar-refractivity contribution < 1.29 is 9.90 Å². The van der Waals surface area contributed by atoms with Gasteiger partial charge in [0.25, 0.3) is 0 Å². The number of anilines is 1. The largest absolute Gasteiger partial charge is 0.481 e. The Morgan fingerprint density at radius 2 is 1.95 bits per heavy atom. The van der Waals surface area contributed by atoms with Gasteiger partial charge >= 0.3 is 5.97 Å². The zero-order valence-corrected chi connectivity index (χ0v) is 11.8. The normalized spacial score (nSPS) is 16.3. The molecule has 1 aliphatic rings. The van der Waals surface area contributed by atoms with E-state index in [0.717, 1.165) is 42.8 Å². The van der Waals surface area contributed by atoms with E-state index in [-0.39, 0.29) is 6.42 Å². The van der Waals surface area contributed by atoms with E-state index in [1.54, 1.807) is 0 Å². The molecule has 6 nitrogen and oxygen atoms in total. The van der Waals surface area contributed by atoms with Crippen molar-refractivity contribution in [2.45, 2.75) is 6.42 Å². The number of piperazine rings is 1. The van der Waals surface area contributed by atoms with Gasteiger partial charge in [-0.05, 0) is 6.07 Å². The molecule has 0 aliphatic carbocycles. The van der Waals surface area contributed by atoms with Crippen molar-refractivity contribution >= 4 is 22.6 Å². The van der Waals surface area contributed by atoms with E-state index in [9.17, 15) is 4.79 Å². The number of fused-ring (bicyclic) bond motifs is 1. The summed E-state index contributed by atoms with van der Waals surface area (Å²) in [6.45, 7) is 4.15. The SMILES string of the molecule is O=C(O)CCN1CCN(c2cnnc3ccccc23)CC1. The molecule has 110 valence electrons. The lowest BCUT2D eigenvalue weighted by molar-refractivity contribution is -0.137. The molecule has 6 heteroatoms. The molecule has 0 spiro atoms. The van der Waals surface area contributed by atoms with Gasteiger partial charge in [0.05, 0.1) is 23.8 Å². The number of rotatable bonds is 4. The fourth-order valence-electron chi connectivity index (χ4n) is 2.71. The quantitative estimate of drug-likeness (QED) is 0.911. The minimum atomic E-state index is -0.734. The monoisotopic (exact) mass is 286 g/mol. The van der Waals surface area contributed by atoms with Crippen LogP contribution in [0.15, 0.2) is 30.5 Å². The van der Waals surface area contributed by atoms with Crippen molar-refractivity contribution in [3.63, 3.8) is 0 Å². The molecule has 0 bridgehead atoms. The number of carbonyl (C=O) groups is 1. The molecule has 1 saturated heterocycles. The molecule has 0 saturated carbocycles. The average Bonchev–Trinajstić information content (AvgIpc) is 2.53. The predicted octanol–water partition coefficient (Wildman–Crippen LogP) is 1.23. The van der Waals surface area contributed by atoms with Crippen LogP contribution in [0.4, 0.5) is 5.69 Å². The second kappa shape index (κ2) is 6.05. The van der Waals surface area contributed by atoms with Crippen molar-refractivity contribution in [3.05, 3.63) is 30.5 Å². The zero-order chi connectivity index (χ0) is 14.7. The first-order valence-corrected chi connectivity index (χ1v) is 7.13. The first-order chi connectivity index (χ1) is 10.2. The lowest BCUT2D eigenvalue weighted by Crippen LogP contribution is -2.47. The Labute approximate surface area is 123 Å². The van der Waals surface area contributed by atoms with Crippen LogP contribution in [0.1, 0.15) is 6.42 Å². The number of nitrogens with zero attached hydrogens (tertiary/aromatic N) is 4. The molecular weight excluding hydrogens is 268 g/mol. The molecule has 3 rings (SSSR count). The smallest absolute Gasteiger partial charge is 0.304 e. The van der Waals surface area contributed by atoms with Gasteiger partial charge in [0.1, 0.15) is 0 Å². The summed E-state index contributed by atoms with van der Waals surface area (Å²) in [5.74, 6) is -0.734. The molecule has 1 aliphatic heterocycles. The lowest BCUT2D eigenvalue weighted by atomic mass is 10.1. The van der Waals surface area contributed by atoms with Gasteiger partial charge in [-0.15, -0.1) is 0 Å². The van der Waals surface area contributed by atoms with Crippen LogP contribution in [0.25, 0.3) is 10.9 Å². The predicted molar refractivity (Wildman–Crippen MR) is 80.4 cm³/mol. The van der Waals surface area contributed by atoms with Gasteiger partial charge < -0.3 is 10.0 Å². The van der Waals surface area contributed by atoms with Crippen LogP contribution in [0.3, 0.4) is 0 Å². The van der Waals surface area contributed by atoms with Gasteiger partial charge in [-0.3, -0.25) is 9.69 Å². The summed E-state index contributed by atoms with van der Waals surface area (Å²) in [5, 5.41) is 18.1. The van der Waals surface area contributed by atoms with Crippen LogP contribution in [0, 0.1) is 0 Å². The number of hydrogen-bond donors (Lipinski definition) is 1. The highest BCUT2D eigenvalue weighted by Gasteiger charge is 2.19. The molecule has 1 fully saturated rings. The average molecular weight is 286 g/mol. The molecule has 0 atom stereocenters. The van der Waals surface area contributed by atoms with Crippen LogP contribution in [-0.4, -0.2) is 58.9 Å². The Morgan fingerprint density at radius 3 is 2.71 bits per heavy atom. The molecule has 1 N–H and O–H groups in total. The van der Waals surface area contributed by atoms with Crippen LogP contribution in [0.5, 0.6) is 0 Å². The van der Waals surface area contributed by atoms with Crippen molar-refractivity contribution in [2.75, 3.05) is 37.6 Å². The molecule has 1 aromatic carbocycles. The third kappa shape index (κ3) is 3.11. The summed E-state index contributed by atoms with van der Waals surface area (Å²) in [5.41, 5.74) is 2.02. The first-order valence-electron chi connectivity index (χ1n) is 7.13. The van der Waals surface area contributed by atoms with Gasteiger partial charge in [-0.25, -0.2) is 0 Å². The summed E-state index contributed by atoms with van der Waals surface area (Å²) in [6, 6.07) is 8.01. The first kappa shape index (κ1) is 13.8. The van der Waals surface area contributed by atoms with Crippen LogP contribution < -0.4 is 4.90 Å². The van der Waals surface area contributed by atoms with E-state index in [0.29, 0.717) is 6.54 Å². The van der Waals surface area contributed by atoms with E-state index in [1.165, 1.54) is 0 Å². The Bertz CT molecular complexity index is 633. The van der Waals surface area contributed by atoms with Gasteiger partial charge in [0, 0.05) is 38.1 Å². The van der Waals surface area contributed by atoms with Crippen molar-refractivity contribution in [2.24, 2.45) is 0 Å². The molecule has 0 amide bonds.